The number of rotatable bonds is 4. The first kappa shape index (κ1) is 17.3. The summed E-state index contributed by atoms with van der Waals surface area (Å²) >= 11 is 0. The molecule has 0 saturated carbocycles. The fourth-order valence-electron chi connectivity index (χ4n) is 3.39. The number of nitrogens with zero attached hydrogens (tertiary/aromatic N) is 4. The van der Waals surface area contributed by atoms with E-state index in [2.05, 4.69) is 4.98 Å². The van der Waals surface area contributed by atoms with Gasteiger partial charge < -0.3 is 14.5 Å². The van der Waals surface area contributed by atoms with Crippen LogP contribution in [0.15, 0.2) is 48.5 Å². The van der Waals surface area contributed by atoms with Crippen LogP contribution in [0, 0.1) is 6.92 Å². The highest BCUT2D eigenvalue weighted by Gasteiger charge is 2.26. The molecule has 0 bridgehead atoms. The molecule has 1 amide bonds. The Kier molecular flexibility index (Phi) is 4.62. The van der Waals surface area contributed by atoms with Gasteiger partial charge in [-0.3, -0.25) is 4.79 Å². The van der Waals surface area contributed by atoms with Gasteiger partial charge in [-0.15, -0.1) is 0 Å². The normalized spacial score (nSPS) is 14.7. The Morgan fingerprint density at radius 1 is 1.00 bits per heavy atom. The van der Waals surface area contributed by atoms with E-state index in [0.29, 0.717) is 19.6 Å². The number of hydrogen-bond acceptors (Lipinski definition) is 5. The average molecular weight is 362 g/mol. The molecule has 4 rings (SSSR count). The summed E-state index contributed by atoms with van der Waals surface area (Å²) < 4.78 is 5.18. The third-order valence-electron chi connectivity index (χ3n) is 4.87. The summed E-state index contributed by atoms with van der Waals surface area (Å²) in [7, 11) is 1.65. The van der Waals surface area contributed by atoms with E-state index in [1.54, 1.807) is 7.11 Å². The van der Waals surface area contributed by atoms with E-state index in [4.69, 9.17) is 9.72 Å². The van der Waals surface area contributed by atoms with Crippen LogP contribution in [0.25, 0.3) is 11.0 Å². The third-order valence-corrected chi connectivity index (χ3v) is 4.87. The highest BCUT2D eigenvalue weighted by molar-refractivity contribution is 5.83. The molecule has 27 heavy (non-hydrogen) atoms. The van der Waals surface area contributed by atoms with Gasteiger partial charge in [0, 0.05) is 19.6 Å². The molecule has 0 spiro atoms. The summed E-state index contributed by atoms with van der Waals surface area (Å²) in [5.41, 5.74) is 3.68. The van der Waals surface area contributed by atoms with Crippen LogP contribution in [0.4, 0.5) is 5.82 Å². The zero-order valence-electron chi connectivity index (χ0n) is 15.6. The SMILES string of the molecule is COc1ccc(CN2CCN(c3nc4ccccc4nc3C)CC2=O)cc1. The number of fused-ring (bicyclic) bond motifs is 1. The lowest BCUT2D eigenvalue weighted by atomic mass is 10.2. The highest BCUT2D eigenvalue weighted by atomic mass is 16.5. The minimum atomic E-state index is 0.103. The van der Waals surface area contributed by atoms with Crippen molar-refractivity contribution in [1.29, 1.82) is 0 Å². The van der Waals surface area contributed by atoms with E-state index in [1.807, 2.05) is 65.3 Å². The van der Waals surface area contributed by atoms with Crippen molar-refractivity contribution < 1.29 is 9.53 Å². The van der Waals surface area contributed by atoms with Crippen LogP contribution in [-0.2, 0) is 11.3 Å². The van der Waals surface area contributed by atoms with Gasteiger partial charge in [0.1, 0.15) is 5.75 Å². The van der Waals surface area contributed by atoms with Gasteiger partial charge in [-0.2, -0.15) is 0 Å². The molecule has 0 radical (unpaired) electrons. The van der Waals surface area contributed by atoms with E-state index in [9.17, 15) is 4.79 Å². The van der Waals surface area contributed by atoms with Crippen molar-refractivity contribution in [2.45, 2.75) is 13.5 Å². The van der Waals surface area contributed by atoms with Gasteiger partial charge in [0.25, 0.3) is 0 Å². The smallest absolute Gasteiger partial charge is 0.242 e. The summed E-state index contributed by atoms with van der Waals surface area (Å²) in [6.45, 7) is 4.29. The molecule has 0 aliphatic carbocycles. The van der Waals surface area contributed by atoms with E-state index in [-0.39, 0.29) is 5.91 Å². The van der Waals surface area contributed by atoms with Crippen LogP contribution < -0.4 is 9.64 Å². The predicted molar refractivity (Wildman–Crippen MR) is 105 cm³/mol. The molecule has 3 aromatic rings. The summed E-state index contributed by atoms with van der Waals surface area (Å²) in [5.74, 6) is 1.72. The van der Waals surface area contributed by atoms with Crippen LogP contribution in [0.2, 0.25) is 0 Å². The molecule has 0 atom stereocenters. The maximum Gasteiger partial charge on any atom is 0.242 e. The predicted octanol–water partition coefficient (Wildman–Crippen LogP) is 2.80. The molecule has 2 aromatic carbocycles. The van der Waals surface area contributed by atoms with E-state index in [1.165, 1.54) is 0 Å². The van der Waals surface area contributed by atoms with Gasteiger partial charge in [-0.25, -0.2) is 9.97 Å². The topological polar surface area (TPSA) is 58.6 Å². The molecule has 0 N–H and O–H groups in total. The molecule has 1 saturated heterocycles. The molecule has 1 aliphatic heterocycles. The number of amides is 1. The second-order valence-corrected chi connectivity index (χ2v) is 6.71. The minimum absolute atomic E-state index is 0.103. The average Bonchev–Trinajstić information content (AvgIpc) is 2.69. The molecule has 0 unspecified atom stereocenters. The Morgan fingerprint density at radius 3 is 2.37 bits per heavy atom. The molecular weight excluding hydrogens is 340 g/mol. The number of benzene rings is 2. The van der Waals surface area contributed by atoms with Crippen molar-refractivity contribution in [2.24, 2.45) is 0 Å². The largest absolute Gasteiger partial charge is 0.497 e. The first-order valence-electron chi connectivity index (χ1n) is 9.03. The lowest BCUT2D eigenvalue weighted by molar-refractivity contribution is -0.131. The number of ether oxygens (including phenoxy) is 1. The fourth-order valence-corrected chi connectivity index (χ4v) is 3.39. The van der Waals surface area contributed by atoms with Crippen molar-refractivity contribution in [3.63, 3.8) is 0 Å². The first-order chi connectivity index (χ1) is 13.1. The first-order valence-corrected chi connectivity index (χ1v) is 9.03. The summed E-state index contributed by atoms with van der Waals surface area (Å²) in [6, 6.07) is 15.7. The number of methoxy groups -OCH3 is 1. The minimum Gasteiger partial charge on any atom is -0.497 e. The van der Waals surface area contributed by atoms with Crippen molar-refractivity contribution >= 4 is 22.8 Å². The Balaban J connectivity index is 1.48. The number of aromatic nitrogens is 2. The molecule has 6 nitrogen and oxygen atoms in total. The number of hydrogen-bond donors (Lipinski definition) is 0. The number of carbonyl (C=O) groups excluding carboxylic acids is 1. The maximum absolute atomic E-state index is 12.7. The Morgan fingerprint density at radius 2 is 1.70 bits per heavy atom. The highest BCUT2D eigenvalue weighted by Crippen LogP contribution is 2.22. The van der Waals surface area contributed by atoms with E-state index in [0.717, 1.165) is 40.4 Å². The Labute approximate surface area is 158 Å². The van der Waals surface area contributed by atoms with Gasteiger partial charge in [0.15, 0.2) is 5.82 Å². The quantitative estimate of drug-likeness (QED) is 0.714. The molecule has 2 heterocycles. The number of piperazine rings is 1. The number of aryl methyl sites for hydroxylation is 1. The standard InChI is InChI=1S/C21H22N4O2/c1-15-21(23-19-6-4-3-5-18(19)22-15)25-12-11-24(20(26)14-25)13-16-7-9-17(27-2)10-8-16/h3-10H,11-14H2,1-2H3. The second-order valence-electron chi connectivity index (χ2n) is 6.71. The molecule has 1 aliphatic rings. The van der Waals surface area contributed by atoms with Crippen molar-refractivity contribution in [1.82, 2.24) is 14.9 Å². The van der Waals surface area contributed by atoms with Gasteiger partial charge >= 0.3 is 0 Å². The Bertz CT molecular complexity index is 972. The van der Waals surface area contributed by atoms with Gasteiger partial charge in [0.2, 0.25) is 5.91 Å². The lowest BCUT2D eigenvalue weighted by Gasteiger charge is -2.35. The Hall–Kier alpha value is -3.15. The van der Waals surface area contributed by atoms with E-state index >= 15 is 0 Å². The maximum atomic E-state index is 12.7. The summed E-state index contributed by atoms with van der Waals surface area (Å²) in [5, 5.41) is 0. The number of carbonyl (C=O) groups is 1. The molecular formula is C21H22N4O2. The number of para-hydroxylation sites is 2. The fraction of sp³-hybridized carbons (Fsp3) is 0.286. The lowest BCUT2D eigenvalue weighted by Crippen LogP contribution is -2.50. The zero-order chi connectivity index (χ0) is 18.8. The van der Waals surface area contributed by atoms with Crippen LogP contribution in [-0.4, -0.2) is 47.5 Å². The number of anilines is 1. The van der Waals surface area contributed by atoms with Crippen molar-refractivity contribution in [2.75, 3.05) is 31.6 Å². The third kappa shape index (κ3) is 3.56. The molecule has 1 aromatic heterocycles. The van der Waals surface area contributed by atoms with Crippen LogP contribution in [0.1, 0.15) is 11.3 Å². The zero-order valence-corrected chi connectivity index (χ0v) is 15.6. The van der Waals surface area contributed by atoms with Crippen molar-refractivity contribution in [3.8, 4) is 5.75 Å². The molecule has 6 heteroatoms. The van der Waals surface area contributed by atoms with Crippen LogP contribution >= 0.6 is 0 Å². The summed E-state index contributed by atoms with van der Waals surface area (Å²) in [4.78, 5) is 26.0. The van der Waals surface area contributed by atoms with Gasteiger partial charge in [-0.1, -0.05) is 24.3 Å². The monoisotopic (exact) mass is 362 g/mol. The van der Waals surface area contributed by atoms with Gasteiger partial charge in [0.05, 0.1) is 30.4 Å². The second kappa shape index (κ2) is 7.23. The summed E-state index contributed by atoms with van der Waals surface area (Å²) in [6.07, 6.45) is 0. The van der Waals surface area contributed by atoms with E-state index < -0.39 is 0 Å². The van der Waals surface area contributed by atoms with Crippen LogP contribution in [0.3, 0.4) is 0 Å². The van der Waals surface area contributed by atoms with Crippen LogP contribution in [0.5, 0.6) is 5.75 Å². The molecule has 1 fully saturated rings. The molecule has 138 valence electrons. The van der Waals surface area contributed by atoms with Gasteiger partial charge in [-0.05, 0) is 36.8 Å². The van der Waals surface area contributed by atoms with Crippen molar-refractivity contribution in [3.05, 3.63) is 59.8 Å².